The summed E-state index contributed by atoms with van der Waals surface area (Å²) in [6.07, 6.45) is 15.9. The fourth-order valence-corrected chi connectivity index (χ4v) is 1.74. The van der Waals surface area contributed by atoms with E-state index in [-0.39, 0.29) is 0 Å². The Balaban J connectivity index is 0. The van der Waals surface area contributed by atoms with Crippen LogP contribution in [0.15, 0.2) is 0 Å². The number of hydrogen-bond acceptors (Lipinski definition) is 2. The molecule has 0 aliphatic rings. The van der Waals surface area contributed by atoms with Crippen molar-refractivity contribution >= 4 is 10.4 Å². The summed E-state index contributed by atoms with van der Waals surface area (Å²) in [6.45, 7) is 4.56. The van der Waals surface area contributed by atoms with Crippen LogP contribution in [0.5, 0.6) is 0 Å². The zero-order valence-corrected chi connectivity index (χ0v) is 12.7. The second kappa shape index (κ2) is 14.9. The molecule has 0 saturated carbocycles. The quantitative estimate of drug-likeness (QED) is 0.451. The lowest BCUT2D eigenvalue weighted by Gasteiger charge is -2.00. The molecule has 0 spiro atoms. The Labute approximate surface area is 113 Å². The van der Waals surface area contributed by atoms with Gasteiger partial charge in [0.05, 0.1) is 0 Å². The third-order valence-electron chi connectivity index (χ3n) is 2.71. The Morgan fingerprint density at radius 3 is 0.944 bits per heavy atom. The predicted octanol–water partition coefficient (Wildman–Crippen LogP) is 4.66. The second-order valence-corrected chi connectivity index (χ2v) is 5.53. The van der Waals surface area contributed by atoms with Gasteiger partial charge in [-0.3, -0.25) is 9.11 Å². The van der Waals surface area contributed by atoms with Gasteiger partial charge in [0.15, 0.2) is 0 Å². The Bertz CT molecular complexity index is 219. The molecule has 0 saturated heterocycles. The fourth-order valence-electron chi connectivity index (χ4n) is 1.74. The van der Waals surface area contributed by atoms with Crippen molar-refractivity contribution in [3.05, 3.63) is 0 Å². The SMILES string of the molecule is CCCCCCCCCCCCC.O=S(=O)(O)O. The minimum atomic E-state index is -4.67. The van der Waals surface area contributed by atoms with Gasteiger partial charge in [-0.05, 0) is 0 Å². The van der Waals surface area contributed by atoms with Gasteiger partial charge in [-0.15, -0.1) is 0 Å². The maximum atomic E-state index is 8.74. The standard InChI is InChI=1S/C13H28.H2O4S/c1-3-5-7-9-11-13-12-10-8-6-4-2;1-5(2,3)4/h3-13H2,1-2H3;(H2,1,2,3,4). The van der Waals surface area contributed by atoms with Crippen LogP contribution in [-0.2, 0) is 10.4 Å². The van der Waals surface area contributed by atoms with Gasteiger partial charge in [0, 0.05) is 0 Å². The summed E-state index contributed by atoms with van der Waals surface area (Å²) in [5.41, 5.74) is 0. The van der Waals surface area contributed by atoms with E-state index in [0.29, 0.717) is 0 Å². The Kier molecular flexibility index (Phi) is 16.7. The van der Waals surface area contributed by atoms with Crippen LogP contribution in [0.4, 0.5) is 0 Å². The van der Waals surface area contributed by atoms with Crippen molar-refractivity contribution in [2.24, 2.45) is 0 Å². The van der Waals surface area contributed by atoms with Gasteiger partial charge in [0.1, 0.15) is 0 Å². The summed E-state index contributed by atoms with van der Waals surface area (Å²) in [4.78, 5) is 0. The summed E-state index contributed by atoms with van der Waals surface area (Å²) < 4.78 is 31.6. The lowest BCUT2D eigenvalue weighted by atomic mass is 10.1. The molecule has 112 valence electrons. The lowest BCUT2D eigenvalue weighted by Crippen LogP contribution is -1.89. The first-order valence-electron chi connectivity index (χ1n) is 7.11. The monoisotopic (exact) mass is 282 g/mol. The van der Waals surface area contributed by atoms with Gasteiger partial charge in [-0.1, -0.05) is 84.5 Å². The maximum Gasteiger partial charge on any atom is 0.394 e. The van der Waals surface area contributed by atoms with Gasteiger partial charge in [0.2, 0.25) is 0 Å². The van der Waals surface area contributed by atoms with E-state index >= 15 is 0 Å². The average Bonchev–Trinajstić information content (AvgIpc) is 2.25. The third kappa shape index (κ3) is 36.0. The highest BCUT2D eigenvalue weighted by molar-refractivity contribution is 7.79. The molecule has 0 aromatic rings. The molecule has 0 rings (SSSR count). The van der Waals surface area contributed by atoms with Crippen molar-refractivity contribution in [2.45, 2.75) is 84.5 Å². The maximum absolute atomic E-state index is 8.74. The van der Waals surface area contributed by atoms with Crippen LogP contribution in [0.1, 0.15) is 84.5 Å². The van der Waals surface area contributed by atoms with E-state index in [2.05, 4.69) is 13.8 Å². The van der Waals surface area contributed by atoms with Crippen molar-refractivity contribution < 1.29 is 17.5 Å². The van der Waals surface area contributed by atoms with Gasteiger partial charge < -0.3 is 0 Å². The Morgan fingerprint density at radius 2 is 0.778 bits per heavy atom. The van der Waals surface area contributed by atoms with Crippen molar-refractivity contribution in [1.29, 1.82) is 0 Å². The predicted molar refractivity (Wildman–Crippen MR) is 76.3 cm³/mol. The molecule has 0 fully saturated rings. The zero-order valence-electron chi connectivity index (χ0n) is 11.9. The van der Waals surface area contributed by atoms with Gasteiger partial charge in [-0.2, -0.15) is 8.42 Å². The molecule has 0 aromatic carbocycles. The topological polar surface area (TPSA) is 74.6 Å². The molecule has 0 aliphatic heterocycles. The number of hydrogen-bond donors (Lipinski definition) is 2. The first kappa shape index (κ1) is 20.2. The van der Waals surface area contributed by atoms with Gasteiger partial charge in [-0.25, -0.2) is 0 Å². The molecular formula is C13H30O4S. The van der Waals surface area contributed by atoms with Crippen molar-refractivity contribution in [2.75, 3.05) is 0 Å². The van der Waals surface area contributed by atoms with Crippen LogP contribution in [0.3, 0.4) is 0 Å². The molecule has 2 N–H and O–H groups in total. The Morgan fingerprint density at radius 1 is 0.611 bits per heavy atom. The molecular weight excluding hydrogens is 252 g/mol. The normalized spacial score (nSPS) is 10.9. The van der Waals surface area contributed by atoms with E-state index in [4.69, 9.17) is 17.5 Å². The zero-order chi connectivity index (χ0) is 14.3. The van der Waals surface area contributed by atoms with Crippen molar-refractivity contribution in [1.82, 2.24) is 0 Å². The second-order valence-electron chi connectivity index (χ2n) is 4.63. The van der Waals surface area contributed by atoms with E-state index in [1.807, 2.05) is 0 Å². The molecule has 18 heavy (non-hydrogen) atoms. The van der Waals surface area contributed by atoms with Crippen molar-refractivity contribution in [3.8, 4) is 0 Å². The molecule has 0 atom stereocenters. The summed E-state index contributed by atoms with van der Waals surface area (Å²) in [7, 11) is -4.67. The number of rotatable bonds is 10. The highest BCUT2D eigenvalue weighted by atomic mass is 32.3. The number of unbranched alkanes of at least 4 members (excludes halogenated alkanes) is 10. The smallest absolute Gasteiger partial charge is 0.264 e. The molecule has 4 nitrogen and oxygen atoms in total. The van der Waals surface area contributed by atoms with Crippen LogP contribution < -0.4 is 0 Å². The first-order chi connectivity index (χ1) is 8.41. The van der Waals surface area contributed by atoms with Gasteiger partial charge >= 0.3 is 10.4 Å². The highest BCUT2D eigenvalue weighted by Gasteiger charge is 1.91. The first-order valence-corrected chi connectivity index (χ1v) is 8.51. The van der Waals surface area contributed by atoms with Crippen LogP contribution >= 0.6 is 0 Å². The van der Waals surface area contributed by atoms with Crippen LogP contribution in [0, 0.1) is 0 Å². The minimum Gasteiger partial charge on any atom is -0.264 e. The Hall–Kier alpha value is -0.130. The van der Waals surface area contributed by atoms with Crippen LogP contribution in [0.25, 0.3) is 0 Å². The van der Waals surface area contributed by atoms with E-state index < -0.39 is 10.4 Å². The molecule has 0 bridgehead atoms. The molecule has 0 aliphatic carbocycles. The lowest BCUT2D eigenvalue weighted by molar-refractivity contribution is 0.381. The van der Waals surface area contributed by atoms with E-state index in [1.165, 1.54) is 70.6 Å². The summed E-state index contributed by atoms with van der Waals surface area (Å²) in [5.74, 6) is 0. The van der Waals surface area contributed by atoms with E-state index in [0.717, 1.165) is 0 Å². The molecule has 0 unspecified atom stereocenters. The minimum absolute atomic E-state index is 1.37. The summed E-state index contributed by atoms with van der Waals surface area (Å²) in [5, 5.41) is 0. The molecule has 0 amide bonds. The molecule has 0 radical (unpaired) electrons. The average molecular weight is 282 g/mol. The van der Waals surface area contributed by atoms with Crippen LogP contribution in [-0.4, -0.2) is 17.5 Å². The summed E-state index contributed by atoms with van der Waals surface area (Å²) in [6, 6.07) is 0. The molecule has 0 aromatic heterocycles. The largest absolute Gasteiger partial charge is 0.394 e. The highest BCUT2D eigenvalue weighted by Crippen LogP contribution is 2.10. The fraction of sp³-hybridized carbons (Fsp3) is 1.00. The summed E-state index contributed by atoms with van der Waals surface area (Å²) >= 11 is 0. The van der Waals surface area contributed by atoms with Gasteiger partial charge in [0.25, 0.3) is 0 Å². The van der Waals surface area contributed by atoms with Crippen LogP contribution in [0.2, 0.25) is 0 Å². The third-order valence-corrected chi connectivity index (χ3v) is 2.71. The van der Waals surface area contributed by atoms with E-state index in [1.54, 1.807) is 0 Å². The van der Waals surface area contributed by atoms with Crippen molar-refractivity contribution in [3.63, 3.8) is 0 Å². The molecule has 0 heterocycles. The van der Waals surface area contributed by atoms with E-state index in [9.17, 15) is 0 Å². The molecule has 5 heteroatoms.